The number of halogens is 3. The molecular formula is C15H18F3N3O2S. The van der Waals surface area contributed by atoms with Gasteiger partial charge in [0, 0.05) is 11.8 Å². The lowest BCUT2D eigenvalue weighted by Gasteiger charge is -2.14. The first-order valence-corrected chi connectivity index (χ1v) is 8.95. The molecule has 2 rings (SSSR count). The van der Waals surface area contributed by atoms with E-state index in [0.717, 1.165) is 18.4 Å². The van der Waals surface area contributed by atoms with E-state index in [2.05, 4.69) is 14.9 Å². The molecule has 132 valence electrons. The van der Waals surface area contributed by atoms with E-state index in [0.29, 0.717) is 11.3 Å². The van der Waals surface area contributed by atoms with Crippen LogP contribution in [0.5, 0.6) is 0 Å². The molecule has 0 unspecified atom stereocenters. The van der Waals surface area contributed by atoms with E-state index >= 15 is 0 Å². The fraction of sp³-hybridized carbons (Fsp3) is 0.333. The van der Waals surface area contributed by atoms with Crippen molar-refractivity contribution >= 4 is 15.7 Å². The number of sulfonamides is 1. The van der Waals surface area contributed by atoms with Gasteiger partial charge in [0.1, 0.15) is 0 Å². The first-order valence-electron chi connectivity index (χ1n) is 7.05. The van der Waals surface area contributed by atoms with Crippen molar-refractivity contribution < 1.29 is 21.6 Å². The molecule has 24 heavy (non-hydrogen) atoms. The average Bonchev–Trinajstić information content (AvgIpc) is 2.47. The Morgan fingerprint density at radius 3 is 2.25 bits per heavy atom. The molecule has 0 fully saturated rings. The minimum atomic E-state index is -4.58. The minimum absolute atomic E-state index is 0.194. The fourth-order valence-corrected chi connectivity index (χ4v) is 2.44. The minimum Gasteiger partial charge on any atom is -0.283 e. The highest BCUT2D eigenvalue weighted by Gasteiger charge is 2.31. The zero-order chi connectivity index (χ0) is 18.5. The molecule has 0 amide bonds. The lowest BCUT2D eigenvalue weighted by Crippen LogP contribution is -2.13. The Balaban J connectivity index is 0.00000139. The van der Waals surface area contributed by atoms with Gasteiger partial charge in [-0.3, -0.25) is 4.72 Å². The maximum absolute atomic E-state index is 12.8. The molecule has 0 bridgehead atoms. The van der Waals surface area contributed by atoms with E-state index in [1.807, 2.05) is 13.8 Å². The molecule has 9 heteroatoms. The van der Waals surface area contributed by atoms with Crippen molar-refractivity contribution in [3.63, 3.8) is 0 Å². The third kappa shape index (κ3) is 5.19. The number of alkyl halides is 3. The molecule has 0 aliphatic carbocycles. The van der Waals surface area contributed by atoms with Gasteiger partial charge in [-0.25, -0.2) is 8.42 Å². The second-order valence-corrected chi connectivity index (χ2v) is 6.44. The van der Waals surface area contributed by atoms with Crippen LogP contribution in [-0.2, 0) is 16.2 Å². The number of aromatic nitrogens is 2. The predicted molar refractivity (Wildman–Crippen MR) is 87.0 cm³/mol. The SMILES string of the molecule is CC.Cc1ccnnc1-c1ccc(C(F)(F)F)cc1NS(C)(=O)=O. The van der Waals surface area contributed by atoms with Crippen LogP contribution in [0.25, 0.3) is 11.3 Å². The van der Waals surface area contributed by atoms with Crippen molar-refractivity contribution in [3.05, 3.63) is 41.6 Å². The van der Waals surface area contributed by atoms with Gasteiger partial charge in [-0.2, -0.15) is 23.4 Å². The molecule has 1 N–H and O–H groups in total. The van der Waals surface area contributed by atoms with E-state index in [9.17, 15) is 21.6 Å². The molecule has 0 radical (unpaired) electrons. The standard InChI is InChI=1S/C13H12F3N3O2S.C2H6/c1-8-5-6-17-18-12(8)10-4-3-9(13(14,15)16)7-11(10)19-22(2,20)21;1-2/h3-7,19H,1-2H3;1-2H3. The summed E-state index contributed by atoms with van der Waals surface area (Å²) in [6, 6.07) is 4.42. The number of nitrogens with zero attached hydrogens (tertiary/aromatic N) is 2. The smallest absolute Gasteiger partial charge is 0.283 e. The molecule has 1 aromatic heterocycles. The molecule has 0 atom stereocenters. The molecule has 0 aliphatic rings. The van der Waals surface area contributed by atoms with Crippen LogP contribution in [0.4, 0.5) is 18.9 Å². The predicted octanol–water partition coefficient (Wildman–Crippen LogP) is 3.87. The first-order chi connectivity index (χ1) is 11.1. The molecule has 0 saturated heterocycles. The average molecular weight is 361 g/mol. The summed E-state index contributed by atoms with van der Waals surface area (Å²) in [6.45, 7) is 5.70. The number of rotatable bonds is 3. The molecule has 5 nitrogen and oxygen atoms in total. The summed E-state index contributed by atoms with van der Waals surface area (Å²) in [6.07, 6.45) is -2.28. The number of aryl methyl sites for hydroxylation is 1. The Kier molecular flexibility index (Phi) is 6.30. The third-order valence-corrected chi connectivity index (χ3v) is 3.41. The Morgan fingerprint density at radius 2 is 1.75 bits per heavy atom. The zero-order valence-corrected chi connectivity index (χ0v) is 14.5. The number of anilines is 1. The van der Waals surface area contributed by atoms with Crippen molar-refractivity contribution in [2.24, 2.45) is 0 Å². The Hall–Kier alpha value is -2.16. The summed E-state index contributed by atoms with van der Waals surface area (Å²) in [5.74, 6) is 0. The summed E-state index contributed by atoms with van der Waals surface area (Å²) in [5.41, 5.74) is 0.0441. The van der Waals surface area contributed by atoms with Crippen LogP contribution in [0.1, 0.15) is 25.0 Å². The lowest BCUT2D eigenvalue weighted by atomic mass is 10.0. The van der Waals surface area contributed by atoms with Gasteiger partial charge in [0.25, 0.3) is 0 Å². The van der Waals surface area contributed by atoms with Gasteiger partial charge in [-0.05, 0) is 30.7 Å². The summed E-state index contributed by atoms with van der Waals surface area (Å²) in [5, 5.41) is 7.55. The van der Waals surface area contributed by atoms with Gasteiger partial charge in [0.15, 0.2) is 0 Å². The van der Waals surface area contributed by atoms with Crippen molar-refractivity contribution in [3.8, 4) is 11.3 Å². The van der Waals surface area contributed by atoms with Gasteiger partial charge in [-0.15, -0.1) is 0 Å². The van der Waals surface area contributed by atoms with E-state index in [-0.39, 0.29) is 11.3 Å². The van der Waals surface area contributed by atoms with E-state index in [1.165, 1.54) is 12.3 Å². The van der Waals surface area contributed by atoms with E-state index < -0.39 is 21.8 Å². The molecule has 1 heterocycles. The Morgan fingerprint density at radius 1 is 1.12 bits per heavy atom. The normalized spacial score (nSPS) is 11.5. The number of hydrogen-bond acceptors (Lipinski definition) is 4. The van der Waals surface area contributed by atoms with Crippen LogP contribution in [0, 0.1) is 6.92 Å². The van der Waals surface area contributed by atoms with Crippen LogP contribution in [0.2, 0.25) is 0 Å². The van der Waals surface area contributed by atoms with Gasteiger partial charge >= 0.3 is 6.18 Å². The van der Waals surface area contributed by atoms with Gasteiger partial charge < -0.3 is 0 Å². The lowest BCUT2D eigenvalue weighted by molar-refractivity contribution is -0.137. The Labute approximate surface area is 139 Å². The molecule has 0 saturated carbocycles. The van der Waals surface area contributed by atoms with E-state index in [4.69, 9.17) is 0 Å². The molecular weight excluding hydrogens is 343 g/mol. The van der Waals surface area contributed by atoms with Crippen LogP contribution in [0.3, 0.4) is 0 Å². The van der Waals surface area contributed by atoms with Crippen LogP contribution >= 0.6 is 0 Å². The summed E-state index contributed by atoms with van der Waals surface area (Å²) < 4.78 is 63.3. The van der Waals surface area contributed by atoms with Crippen LogP contribution in [0.15, 0.2) is 30.5 Å². The van der Waals surface area contributed by atoms with Crippen molar-refractivity contribution in [1.82, 2.24) is 10.2 Å². The van der Waals surface area contributed by atoms with Gasteiger partial charge in [0.05, 0.1) is 23.2 Å². The second kappa shape index (κ2) is 7.61. The topological polar surface area (TPSA) is 72.0 Å². The third-order valence-electron chi connectivity index (χ3n) is 2.82. The highest BCUT2D eigenvalue weighted by Crippen LogP contribution is 2.36. The van der Waals surface area contributed by atoms with Crippen molar-refractivity contribution in [2.75, 3.05) is 11.0 Å². The molecule has 0 aliphatic heterocycles. The first kappa shape index (κ1) is 19.9. The fourth-order valence-electron chi connectivity index (χ4n) is 1.87. The highest BCUT2D eigenvalue weighted by molar-refractivity contribution is 7.92. The largest absolute Gasteiger partial charge is 0.416 e. The highest BCUT2D eigenvalue weighted by atomic mass is 32.2. The quantitative estimate of drug-likeness (QED) is 0.901. The summed E-state index contributed by atoms with van der Waals surface area (Å²) in [4.78, 5) is 0. The Bertz CT molecular complexity index is 806. The zero-order valence-electron chi connectivity index (χ0n) is 13.6. The summed E-state index contributed by atoms with van der Waals surface area (Å²) >= 11 is 0. The number of nitrogens with one attached hydrogen (secondary N) is 1. The van der Waals surface area contributed by atoms with Crippen molar-refractivity contribution in [1.29, 1.82) is 0 Å². The number of hydrogen-bond donors (Lipinski definition) is 1. The maximum Gasteiger partial charge on any atom is 0.416 e. The van der Waals surface area contributed by atoms with Crippen molar-refractivity contribution in [2.45, 2.75) is 26.9 Å². The van der Waals surface area contributed by atoms with Crippen LogP contribution in [-0.4, -0.2) is 24.9 Å². The molecule has 0 spiro atoms. The summed E-state index contributed by atoms with van der Waals surface area (Å²) in [7, 11) is -3.75. The second-order valence-electron chi connectivity index (χ2n) is 4.70. The number of benzene rings is 1. The molecule has 1 aromatic carbocycles. The maximum atomic E-state index is 12.8. The molecule has 2 aromatic rings. The van der Waals surface area contributed by atoms with E-state index in [1.54, 1.807) is 13.0 Å². The van der Waals surface area contributed by atoms with Gasteiger partial charge in [-0.1, -0.05) is 19.9 Å². The van der Waals surface area contributed by atoms with Crippen LogP contribution < -0.4 is 4.72 Å². The van der Waals surface area contributed by atoms with Gasteiger partial charge in [0.2, 0.25) is 10.0 Å². The monoisotopic (exact) mass is 361 g/mol.